The van der Waals surface area contributed by atoms with Gasteiger partial charge in [0, 0.05) is 36.4 Å². The van der Waals surface area contributed by atoms with Gasteiger partial charge in [-0.25, -0.2) is 9.82 Å². The first kappa shape index (κ1) is 21.3. The number of halogens is 1. The Morgan fingerprint density at radius 1 is 1.17 bits per heavy atom. The van der Waals surface area contributed by atoms with Gasteiger partial charge in [0.1, 0.15) is 5.82 Å². The number of aromatic nitrogens is 1. The fourth-order valence-electron chi connectivity index (χ4n) is 3.30. The second kappa shape index (κ2) is 9.37. The van der Waals surface area contributed by atoms with E-state index in [1.54, 1.807) is 24.4 Å². The molecule has 6 nitrogen and oxygen atoms in total. The van der Waals surface area contributed by atoms with Crippen LogP contribution < -0.4 is 10.3 Å². The van der Waals surface area contributed by atoms with E-state index >= 15 is 0 Å². The van der Waals surface area contributed by atoms with Crippen LogP contribution in [0.25, 0.3) is 5.69 Å². The van der Waals surface area contributed by atoms with E-state index in [9.17, 15) is 9.18 Å². The minimum atomic E-state index is -0.313. The number of hydrogen-bond donors (Lipinski definition) is 2. The van der Waals surface area contributed by atoms with Gasteiger partial charge in [-0.15, -0.1) is 0 Å². The molecule has 0 aliphatic heterocycles. The van der Waals surface area contributed by atoms with E-state index in [-0.39, 0.29) is 18.3 Å². The first-order valence-corrected chi connectivity index (χ1v) is 9.61. The van der Waals surface area contributed by atoms with Crippen LogP contribution in [0.5, 0.6) is 0 Å². The van der Waals surface area contributed by atoms with E-state index in [4.69, 9.17) is 5.11 Å². The van der Waals surface area contributed by atoms with Gasteiger partial charge in [-0.2, -0.15) is 5.10 Å². The summed E-state index contributed by atoms with van der Waals surface area (Å²) in [4.78, 5) is 14.5. The molecule has 2 aromatic carbocycles. The Morgan fingerprint density at radius 3 is 2.47 bits per heavy atom. The Balaban J connectivity index is 1.69. The van der Waals surface area contributed by atoms with Crippen molar-refractivity contribution in [2.75, 3.05) is 25.1 Å². The molecule has 2 N–H and O–H groups in total. The Labute approximate surface area is 175 Å². The van der Waals surface area contributed by atoms with E-state index in [1.165, 1.54) is 12.1 Å². The molecule has 0 fully saturated rings. The monoisotopic (exact) mass is 408 g/mol. The Kier molecular flexibility index (Phi) is 6.64. The summed E-state index contributed by atoms with van der Waals surface area (Å²) in [5.41, 5.74) is 7.31. The number of rotatable bonds is 7. The normalized spacial score (nSPS) is 11.1. The molecule has 156 valence electrons. The minimum Gasteiger partial charge on any atom is -0.395 e. The molecular weight excluding hydrogens is 383 g/mol. The maximum atomic E-state index is 13.2. The number of hydrazone groups is 1. The molecule has 0 atom stereocenters. The van der Waals surface area contributed by atoms with Crippen LogP contribution in [-0.2, 0) is 0 Å². The number of hydrogen-bond acceptors (Lipinski definition) is 4. The number of carbonyl (C=O) groups is 1. The van der Waals surface area contributed by atoms with Crippen LogP contribution >= 0.6 is 0 Å². The fourth-order valence-corrected chi connectivity index (χ4v) is 3.30. The SMILES string of the molecule is Cc1cc(C(=O)N/N=C/c2ccc(N(C)CCO)cc2)c(C)n1-c1ccc(F)cc1. The molecule has 1 aromatic heterocycles. The highest BCUT2D eigenvalue weighted by atomic mass is 19.1. The fraction of sp³-hybridized carbons (Fsp3) is 0.217. The van der Waals surface area contributed by atoms with Gasteiger partial charge in [0.15, 0.2) is 0 Å². The predicted octanol–water partition coefficient (Wildman–Crippen LogP) is 3.43. The van der Waals surface area contributed by atoms with Crippen molar-refractivity contribution in [3.05, 3.63) is 82.9 Å². The first-order valence-electron chi connectivity index (χ1n) is 9.61. The summed E-state index contributed by atoms with van der Waals surface area (Å²) >= 11 is 0. The number of aryl methyl sites for hydroxylation is 1. The summed E-state index contributed by atoms with van der Waals surface area (Å²) in [6, 6.07) is 15.6. The lowest BCUT2D eigenvalue weighted by Crippen LogP contribution is -2.21. The molecular formula is C23H25FN4O2. The van der Waals surface area contributed by atoms with Crippen LogP contribution in [0.1, 0.15) is 27.3 Å². The number of likely N-dealkylation sites (N-methyl/N-ethyl adjacent to an activating group) is 1. The topological polar surface area (TPSA) is 69.9 Å². The third-order valence-electron chi connectivity index (χ3n) is 4.91. The molecule has 0 bridgehead atoms. The maximum absolute atomic E-state index is 13.2. The highest BCUT2D eigenvalue weighted by Crippen LogP contribution is 2.21. The minimum absolute atomic E-state index is 0.0908. The highest BCUT2D eigenvalue weighted by Gasteiger charge is 2.16. The third kappa shape index (κ3) is 4.75. The second-order valence-electron chi connectivity index (χ2n) is 7.03. The Hall–Kier alpha value is -3.45. The van der Waals surface area contributed by atoms with Gasteiger partial charge in [0.2, 0.25) is 0 Å². The molecule has 1 amide bonds. The summed E-state index contributed by atoms with van der Waals surface area (Å²) in [5.74, 6) is -0.617. The Bertz CT molecular complexity index is 1040. The lowest BCUT2D eigenvalue weighted by Gasteiger charge is -2.17. The summed E-state index contributed by atoms with van der Waals surface area (Å²) in [7, 11) is 1.90. The van der Waals surface area contributed by atoms with Gasteiger partial charge >= 0.3 is 0 Å². The van der Waals surface area contributed by atoms with Crippen molar-refractivity contribution in [1.29, 1.82) is 0 Å². The van der Waals surface area contributed by atoms with Gasteiger partial charge < -0.3 is 14.6 Å². The van der Waals surface area contributed by atoms with Crippen LogP contribution in [0.2, 0.25) is 0 Å². The second-order valence-corrected chi connectivity index (χ2v) is 7.03. The highest BCUT2D eigenvalue weighted by molar-refractivity contribution is 5.96. The van der Waals surface area contributed by atoms with Crippen molar-refractivity contribution in [3.8, 4) is 5.69 Å². The van der Waals surface area contributed by atoms with Crippen molar-refractivity contribution in [3.63, 3.8) is 0 Å². The summed E-state index contributed by atoms with van der Waals surface area (Å²) in [6.07, 6.45) is 1.58. The number of nitrogens with zero attached hydrogens (tertiary/aromatic N) is 3. The lowest BCUT2D eigenvalue weighted by molar-refractivity contribution is 0.0954. The van der Waals surface area contributed by atoms with Gasteiger partial charge in [0.05, 0.1) is 18.4 Å². The molecule has 30 heavy (non-hydrogen) atoms. The van der Waals surface area contributed by atoms with Crippen LogP contribution in [0.4, 0.5) is 10.1 Å². The van der Waals surface area contributed by atoms with E-state index in [2.05, 4.69) is 10.5 Å². The molecule has 0 aliphatic carbocycles. The number of carbonyl (C=O) groups excluding carboxylic acids is 1. The van der Waals surface area contributed by atoms with Crippen LogP contribution in [0.15, 0.2) is 59.7 Å². The molecule has 3 rings (SSSR count). The van der Waals surface area contributed by atoms with Crippen molar-refractivity contribution in [2.45, 2.75) is 13.8 Å². The van der Waals surface area contributed by atoms with E-state index < -0.39 is 0 Å². The van der Waals surface area contributed by atoms with Crippen LogP contribution in [0, 0.1) is 19.7 Å². The molecule has 1 heterocycles. The molecule has 0 unspecified atom stereocenters. The summed E-state index contributed by atoms with van der Waals surface area (Å²) in [5, 5.41) is 13.1. The number of aliphatic hydroxyl groups excluding tert-OH is 1. The number of nitrogens with one attached hydrogen (secondary N) is 1. The number of benzene rings is 2. The molecule has 0 radical (unpaired) electrons. The average Bonchev–Trinajstić information content (AvgIpc) is 3.03. The molecule has 0 spiro atoms. The average molecular weight is 408 g/mol. The molecule has 7 heteroatoms. The van der Waals surface area contributed by atoms with E-state index in [0.717, 1.165) is 28.3 Å². The summed E-state index contributed by atoms with van der Waals surface area (Å²) < 4.78 is 15.1. The zero-order chi connectivity index (χ0) is 21.7. The molecule has 3 aromatic rings. The number of aliphatic hydroxyl groups is 1. The molecule has 0 saturated heterocycles. The first-order chi connectivity index (χ1) is 14.4. The van der Waals surface area contributed by atoms with E-state index in [1.807, 2.05) is 54.6 Å². The van der Waals surface area contributed by atoms with Gasteiger partial charge in [-0.05, 0) is 61.9 Å². The van der Waals surface area contributed by atoms with Gasteiger partial charge in [-0.3, -0.25) is 4.79 Å². The summed E-state index contributed by atoms with van der Waals surface area (Å²) in [6.45, 7) is 4.38. The third-order valence-corrected chi connectivity index (χ3v) is 4.91. The van der Waals surface area contributed by atoms with E-state index in [0.29, 0.717) is 12.1 Å². The maximum Gasteiger partial charge on any atom is 0.273 e. The zero-order valence-electron chi connectivity index (χ0n) is 17.3. The Morgan fingerprint density at radius 2 is 1.83 bits per heavy atom. The largest absolute Gasteiger partial charge is 0.395 e. The van der Waals surface area contributed by atoms with Crippen molar-refractivity contribution in [2.24, 2.45) is 5.10 Å². The van der Waals surface area contributed by atoms with Crippen molar-refractivity contribution in [1.82, 2.24) is 9.99 Å². The molecule has 0 aliphatic rings. The lowest BCUT2D eigenvalue weighted by atomic mass is 10.2. The van der Waals surface area contributed by atoms with Gasteiger partial charge in [-0.1, -0.05) is 12.1 Å². The van der Waals surface area contributed by atoms with Crippen molar-refractivity contribution >= 4 is 17.8 Å². The van der Waals surface area contributed by atoms with Crippen LogP contribution in [0.3, 0.4) is 0 Å². The van der Waals surface area contributed by atoms with Crippen molar-refractivity contribution < 1.29 is 14.3 Å². The number of amides is 1. The quantitative estimate of drug-likeness (QED) is 0.465. The number of anilines is 1. The smallest absolute Gasteiger partial charge is 0.273 e. The van der Waals surface area contributed by atoms with Crippen LogP contribution in [-0.4, -0.2) is 42.0 Å². The predicted molar refractivity (Wildman–Crippen MR) is 117 cm³/mol. The molecule has 0 saturated carbocycles. The van der Waals surface area contributed by atoms with Gasteiger partial charge in [0.25, 0.3) is 5.91 Å². The standard InChI is InChI=1S/C23H25FN4O2/c1-16-14-22(17(2)28(16)21-10-6-19(24)7-11-21)23(30)26-25-15-18-4-8-20(9-5-18)27(3)12-13-29/h4-11,14-15,29H,12-13H2,1-3H3,(H,26,30)/b25-15+. The zero-order valence-corrected chi connectivity index (χ0v) is 17.3.